The van der Waals surface area contributed by atoms with E-state index in [0.29, 0.717) is 0 Å². The second-order valence-corrected chi connectivity index (χ2v) is 4.06. The topological polar surface area (TPSA) is 141 Å². The van der Waals surface area contributed by atoms with Gasteiger partial charge in [-0.3, -0.25) is 19.2 Å². The number of nitrogens with two attached hydrogens (primary N) is 1. The second kappa shape index (κ2) is 6.14. The van der Waals surface area contributed by atoms with Crippen LogP contribution in [0.4, 0.5) is 0 Å². The van der Waals surface area contributed by atoms with Gasteiger partial charge < -0.3 is 25.7 Å². The number of carboxylic acid groups (broad SMARTS) is 2. The largest absolute Gasteiger partial charge is 0.481 e. The van der Waals surface area contributed by atoms with Crippen LogP contribution in [0.25, 0.3) is 0 Å². The van der Waals surface area contributed by atoms with Crippen molar-refractivity contribution < 1.29 is 29.4 Å². The number of hydrogen-bond acceptors (Lipinski definition) is 5. The van der Waals surface area contributed by atoms with Crippen LogP contribution in [0.15, 0.2) is 0 Å². The number of amides is 2. The van der Waals surface area contributed by atoms with Gasteiger partial charge >= 0.3 is 11.9 Å². The van der Waals surface area contributed by atoms with E-state index in [0.717, 1.165) is 9.80 Å². The minimum Gasteiger partial charge on any atom is -0.481 e. The van der Waals surface area contributed by atoms with Crippen molar-refractivity contribution >= 4 is 23.8 Å². The standard InChI is InChI=1S/C10H15N3O6/c11-4-7(14)13-2-1-12(5-9(17)18)10(19)6(13)3-8(15)16/h6H,1-5,11H2,(H,15,16)(H,17,18)/t6-/m0/s1. The molecule has 4 N–H and O–H groups in total. The predicted molar refractivity (Wildman–Crippen MR) is 61.0 cm³/mol. The molecule has 1 fully saturated rings. The monoisotopic (exact) mass is 273 g/mol. The zero-order valence-corrected chi connectivity index (χ0v) is 10.1. The third-order valence-electron chi connectivity index (χ3n) is 2.77. The van der Waals surface area contributed by atoms with Gasteiger partial charge in [-0.15, -0.1) is 0 Å². The lowest BCUT2D eigenvalue weighted by molar-refractivity contribution is -0.157. The molecule has 0 radical (unpaired) electrons. The number of rotatable bonds is 5. The molecule has 1 atom stereocenters. The third-order valence-corrected chi connectivity index (χ3v) is 2.77. The fraction of sp³-hybridized carbons (Fsp3) is 0.600. The molecule has 0 aromatic rings. The van der Waals surface area contributed by atoms with E-state index in [1.54, 1.807) is 0 Å². The van der Waals surface area contributed by atoms with Crippen molar-refractivity contribution in [3.8, 4) is 0 Å². The Balaban J connectivity index is 2.89. The molecule has 0 saturated carbocycles. The fourth-order valence-electron chi connectivity index (χ4n) is 1.94. The molecule has 0 aromatic carbocycles. The van der Waals surface area contributed by atoms with Gasteiger partial charge in [0, 0.05) is 13.1 Å². The maximum Gasteiger partial charge on any atom is 0.323 e. The van der Waals surface area contributed by atoms with Gasteiger partial charge in [-0.2, -0.15) is 0 Å². The van der Waals surface area contributed by atoms with Crippen LogP contribution < -0.4 is 5.73 Å². The Bertz CT molecular complexity index is 410. The summed E-state index contributed by atoms with van der Waals surface area (Å²) in [6.07, 6.45) is -0.569. The first-order valence-corrected chi connectivity index (χ1v) is 5.58. The van der Waals surface area contributed by atoms with Crippen molar-refractivity contribution in [3.05, 3.63) is 0 Å². The fourth-order valence-corrected chi connectivity index (χ4v) is 1.94. The van der Waals surface area contributed by atoms with Crippen LogP contribution in [0.1, 0.15) is 6.42 Å². The summed E-state index contributed by atoms with van der Waals surface area (Å²) >= 11 is 0. The summed E-state index contributed by atoms with van der Waals surface area (Å²) in [7, 11) is 0. The summed E-state index contributed by atoms with van der Waals surface area (Å²) in [6.45, 7) is -0.720. The Kier molecular flexibility index (Phi) is 4.81. The highest BCUT2D eigenvalue weighted by Gasteiger charge is 2.38. The molecule has 1 aliphatic rings. The van der Waals surface area contributed by atoms with E-state index in [1.165, 1.54) is 0 Å². The normalized spacial score (nSPS) is 19.4. The molecule has 0 aliphatic carbocycles. The molecule has 0 aromatic heterocycles. The molecule has 1 aliphatic heterocycles. The molecule has 1 heterocycles. The summed E-state index contributed by atoms with van der Waals surface area (Å²) in [4.78, 5) is 47.0. The lowest BCUT2D eigenvalue weighted by Crippen LogP contribution is -2.60. The van der Waals surface area contributed by atoms with Crippen LogP contribution in [0.5, 0.6) is 0 Å². The quantitative estimate of drug-likeness (QED) is 0.504. The Hall–Kier alpha value is -2.16. The van der Waals surface area contributed by atoms with E-state index < -0.39 is 42.8 Å². The smallest absolute Gasteiger partial charge is 0.323 e. The van der Waals surface area contributed by atoms with Crippen molar-refractivity contribution in [1.29, 1.82) is 0 Å². The lowest BCUT2D eigenvalue weighted by Gasteiger charge is -2.39. The number of carbonyl (C=O) groups is 4. The third kappa shape index (κ3) is 3.65. The van der Waals surface area contributed by atoms with Gasteiger partial charge in [0.25, 0.3) is 0 Å². The summed E-state index contributed by atoms with van der Waals surface area (Å²) < 4.78 is 0. The van der Waals surface area contributed by atoms with Crippen LogP contribution in [-0.4, -0.2) is 76.0 Å². The number of aliphatic carboxylic acids is 2. The number of hydrogen-bond donors (Lipinski definition) is 3. The first kappa shape index (κ1) is 14.9. The minimum absolute atomic E-state index is 0.0486. The van der Waals surface area contributed by atoms with E-state index in [4.69, 9.17) is 15.9 Å². The van der Waals surface area contributed by atoms with Crippen LogP contribution >= 0.6 is 0 Å². The van der Waals surface area contributed by atoms with E-state index in [1.807, 2.05) is 0 Å². The number of nitrogens with zero attached hydrogens (tertiary/aromatic N) is 2. The highest BCUT2D eigenvalue weighted by molar-refractivity contribution is 5.93. The van der Waals surface area contributed by atoms with Crippen LogP contribution in [-0.2, 0) is 19.2 Å². The van der Waals surface area contributed by atoms with Crippen LogP contribution in [0.3, 0.4) is 0 Å². The summed E-state index contributed by atoms with van der Waals surface area (Å²) in [5.74, 6) is -3.65. The van der Waals surface area contributed by atoms with Crippen molar-refractivity contribution in [2.24, 2.45) is 5.73 Å². The van der Waals surface area contributed by atoms with E-state index in [2.05, 4.69) is 0 Å². The van der Waals surface area contributed by atoms with Crippen molar-refractivity contribution in [2.75, 3.05) is 26.2 Å². The van der Waals surface area contributed by atoms with E-state index in [9.17, 15) is 19.2 Å². The Morgan fingerprint density at radius 3 is 2.32 bits per heavy atom. The first-order chi connectivity index (χ1) is 8.86. The molecule has 2 amide bonds. The van der Waals surface area contributed by atoms with Crippen LogP contribution in [0, 0.1) is 0 Å². The SMILES string of the molecule is NCC(=O)N1CCN(CC(=O)O)C(=O)[C@@H]1CC(=O)O. The van der Waals surface area contributed by atoms with Gasteiger partial charge in [0.1, 0.15) is 12.6 Å². The highest BCUT2D eigenvalue weighted by Crippen LogP contribution is 2.15. The molecule has 9 nitrogen and oxygen atoms in total. The minimum atomic E-state index is -1.25. The van der Waals surface area contributed by atoms with E-state index >= 15 is 0 Å². The molecule has 1 rings (SSSR count). The molecule has 19 heavy (non-hydrogen) atoms. The predicted octanol–water partition coefficient (Wildman–Crippen LogP) is -2.46. The highest BCUT2D eigenvalue weighted by atomic mass is 16.4. The number of carboxylic acids is 2. The maximum atomic E-state index is 12.0. The van der Waals surface area contributed by atoms with Gasteiger partial charge in [0.2, 0.25) is 11.8 Å². The second-order valence-electron chi connectivity index (χ2n) is 4.06. The molecule has 0 spiro atoms. The number of piperazine rings is 1. The Morgan fingerprint density at radius 2 is 1.84 bits per heavy atom. The lowest BCUT2D eigenvalue weighted by atomic mass is 10.1. The number of carbonyl (C=O) groups excluding carboxylic acids is 2. The summed E-state index contributed by atoms with van der Waals surface area (Å²) in [5.41, 5.74) is 5.20. The molecule has 1 saturated heterocycles. The molecule has 9 heteroatoms. The van der Waals surface area contributed by atoms with Gasteiger partial charge in [-0.05, 0) is 0 Å². The maximum absolute atomic E-state index is 12.0. The zero-order valence-electron chi connectivity index (χ0n) is 10.1. The molecule has 106 valence electrons. The Labute approximate surface area is 108 Å². The average Bonchev–Trinajstić information content (AvgIpc) is 2.32. The van der Waals surface area contributed by atoms with E-state index in [-0.39, 0.29) is 19.6 Å². The van der Waals surface area contributed by atoms with Gasteiger partial charge in [0.05, 0.1) is 13.0 Å². The van der Waals surface area contributed by atoms with Crippen molar-refractivity contribution in [1.82, 2.24) is 9.80 Å². The molecule has 0 bridgehead atoms. The molecular formula is C10H15N3O6. The van der Waals surface area contributed by atoms with Crippen molar-refractivity contribution in [3.63, 3.8) is 0 Å². The average molecular weight is 273 g/mol. The van der Waals surface area contributed by atoms with Gasteiger partial charge in [-0.25, -0.2) is 0 Å². The molecule has 0 unspecified atom stereocenters. The zero-order chi connectivity index (χ0) is 14.6. The van der Waals surface area contributed by atoms with Crippen LogP contribution in [0.2, 0.25) is 0 Å². The molecular weight excluding hydrogens is 258 g/mol. The first-order valence-electron chi connectivity index (χ1n) is 5.58. The summed E-state index contributed by atoms with van der Waals surface area (Å²) in [5, 5.41) is 17.4. The Morgan fingerprint density at radius 1 is 1.21 bits per heavy atom. The summed E-state index contributed by atoms with van der Waals surface area (Å²) in [6, 6.07) is -1.19. The van der Waals surface area contributed by atoms with Gasteiger partial charge in [-0.1, -0.05) is 0 Å². The van der Waals surface area contributed by atoms with Crippen molar-refractivity contribution in [2.45, 2.75) is 12.5 Å². The van der Waals surface area contributed by atoms with Gasteiger partial charge in [0.15, 0.2) is 0 Å².